The van der Waals surface area contributed by atoms with Gasteiger partial charge in [-0.05, 0) is 67.5 Å². The lowest BCUT2D eigenvalue weighted by Gasteiger charge is -2.34. The predicted octanol–water partition coefficient (Wildman–Crippen LogP) is 4.47. The fourth-order valence-corrected chi connectivity index (χ4v) is 6.91. The van der Waals surface area contributed by atoms with Crippen molar-refractivity contribution in [3.8, 4) is 0 Å². The van der Waals surface area contributed by atoms with Crippen molar-refractivity contribution in [3.63, 3.8) is 0 Å². The first-order valence-electron chi connectivity index (χ1n) is 13.0. The van der Waals surface area contributed by atoms with Gasteiger partial charge >= 0.3 is 0 Å². The van der Waals surface area contributed by atoms with Crippen LogP contribution in [0, 0.1) is 11.8 Å². The molecule has 0 saturated carbocycles. The molecule has 186 valence electrons. The molecule has 3 aliphatic heterocycles. The lowest BCUT2D eigenvalue weighted by atomic mass is 9.92. The Labute approximate surface area is 208 Å². The quantitative estimate of drug-likeness (QED) is 0.301. The fraction of sp³-hybridized carbons (Fsp3) is 0.667. The molecule has 3 amide bonds. The first kappa shape index (κ1) is 25.2. The molecule has 0 radical (unpaired) electrons. The van der Waals surface area contributed by atoms with Crippen LogP contribution in [0.15, 0.2) is 23.1 Å². The standard InChI is InChI=1S/C27H39N3O3S/c1-19-15-20(2)17-29(16-19)13-6-4-3-5-7-14-34-24-10-8-9-21-22(24)18-30(27(21)33)23-11-12-25(31)28-26(23)32/h8-10,19-20,23H,3-7,11-18H2,1-2H3,(H,28,31,32). The number of piperidine rings is 2. The molecule has 2 fully saturated rings. The van der Waals surface area contributed by atoms with Gasteiger partial charge in [0.1, 0.15) is 6.04 Å². The Morgan fingerprint density at radius 1 is 1.00 bits per heavy atom. The number of carbonyl (C=O) groups is 3. The van der Waals surface area contributed by atoms with Crippen molar-refractivity contribution in [3.05, 3.63) is 29.3 Å². The molecule has 6 nitrogen and oxygen atoms in total. The first-order chi connectivity index (χ1) is 16.4. The molecule has 2 saturated heterocycles. The molecule has 3 aliphatic rings. The van der Waals surface area contributed by atoms with Crippen LogP contribution in [0.1, 0.15) is 81.1 Å². The molecule has 0 aliphatic carbocycles. The molecule has 1 aromatic carbocycles. The second kappa shape index (κ2) is 11.7. The monoisotopic (exact) mass is 485 g/mol. The Kier molecular flexibility index (Phi) is 8.70. The lowest BCUT2D eigenvalue weighted by Crippen LogP contribution is -2.52. The second-order valence-corrected chi connectivity index (χ2v) is 11.6. The minimum Gasteiger partial charge on any atom is -0.322 e. The average Bonchev–Trinajstić information content (AvgIpc) is 3.12. The van der Waals surface area contributed by atoms with Crippen molar-refractivity contribution in [1.82, 2.24) is 15.1 Å². The van der Waals surface area contributed by atoms with E-state index in [2.05, 4.69) is 30.1 Å². The van der Waals surface area contributed by atoms with Crippen LogP contribution >= 0.6 is 11.8 Å². The summed E-state index contributed by atoms with van der Waals surface area (Å²) in [5.74, 6) is 2.03. The molecule has 0 bridgehead atoms. The Balaban J connectivity index is 1.17. The number of fused-ring (bicyclic) bond motifs is 1. The summed E-state index contributed by atoms with van der Waals surface area (Å²) < 4.78 is 0. The van der Waals surface area contributed by atoms with Crippen LogP contribution in [-0.4, -0.2) is 59.0 Å². The topological polar surface area (TPSA) is 69.7 Å². The Hall–Kier alpha value is -1.86. The molecule has 34 heavy (non-hydrogen) atoms. The number of carbonyl (C=O) groups excluding carboxylic acids is 3. The fourth-order valence-electron chi connectivity index (χ4n) is 5.82. The number of likely N-dealkylation sites (tertiary alicyclic amines) is 1. The van der Waals surface area contributed by atoms with Gasteiger partial charge in [0, 0.05) is 36.5 Å². The molecular formula is C27H39N3O3S. The van der Waals surface area contributed by atoms with Crippen LogP contribution in [0.4, 0.5) is 0 Å². The molecule has 7 heteroatoms. The van der Waals surface area contributed by atoms with Crippen molar-refractivity contribution in [1.29, 1.82) is 0 Å². The second-order valence-electron chi connectivity index (χ2n) is 10.5. The third-order valence-corrected chi connectivity index (χ3v) is 8.55. The maximum absolute atomic E-state index is 13.0. The van der Waals surface area contributed by atoms with Gasteiger partial charge in [-0.1, -0.05) is 39.2 Å². The molecule has 1 aromatic rings. The summed E-state index contributed by atoms with van der Waals surface area (Å²) in [7, 11) is 0. The molecule has 3 heterocycles. The minimum atomic E-state index is -0.549. The SMILES string of the molecule is CC1CC(C)CN(CCCCCCCSc2cccc3c2CN(C2CCC(=O)NC2=O)C3=O)C1. The summed E-state index contributed by atoms with van der Waals surface area (Å²) in [6, 6.07) is 5.34. The number of hydrogen-bond acceptors (Lipinski definition) is 5. The van der Waals surface area contributed by atoms with Gasteiger partial charge in [-0.15, -0.1) is 11.8 Å². The highest BCUT2D eigenvalue weighted by Gasteiger charge is 2.39. The zero-order valence-electron chi connectivity index (χ0n) is 20.7. The van der Waals surface area contributed by atoms with Crippen molar-refractivity contribution in [2.45, 2.75) is 82.7 Å². The van der Waals surface area contributed by atoms with E-state index in [0.717, 1.165) is 28.0 Å². The van der Waals surface area contributed by atoms with Crippen LogP contribution in [0.25, 0.3) is 0 Å². The van der Waals surface area contributed by atoms with Gasteiger partial charge in [0.15, 0.2) is 0 Å². The van der Waals surface area contributed by atoms with Gasteiger partial charge in [-0.2, -0.15) is 0 Å². The van der Waals surface area contributed by atoms with E-state index >= 15 is 0 Å². The highest BCUT2D eigenvalue weighted by Crippen LogP contribution is 2.34. The highest BCUT2D eigenvalue weighted by atomic mass is 32.2. The Morgan fingerprint density at radius 3 is 2.50 bits per heavy atom. The molecule has 1 N–H and O–H groups in total. The highest BCUT2D eigenvalue weighted by molar-refractivity contribution is 7.99. The van der Waals surface area contributed by atoms with E-state index in [1.807, 2.05) is 23.9 Å². The van der Waals surface area contributed by atoms with E-state index in [0.29, 0.717) is 18.5 Å². The summed E-state index contributed by atoms with van der Waals surface area (Å²) in [5.41, 5.74) is 1.74. The Morgan fingerprint density at radius 2 is 1.74 bits per heavy atom. The van der Waals surface area contributed by atoms with E-state index in [1.165, 1.54) is 58.2 Å². The third-order valence-electron chi connectivity index (χ3n) is 7.36. The van der Waals surface area contributed by atoms with E-state index in [4.69, 9.17) is 0 Å². The first-order valence-corrected chi connectivity index (χ1v) is 14.0. The number of hydrogen-bond donors (Lipinski definition) is 1. The number of amides is 3. The molecule has 3 unspecified atom stereocenters. The van der Waals surface area contributed by atoms with E-state index in [-0.39, 0.29) is 24.1 Å². The van der Waals surface area contributed by atoms with Gasteiger partial charge in [0.2, 0.25) is 11.8 Å². The van der Waals surface area contributed by atoms with Crippen LogP contribution in [0.2, 0.25) is 0 Å². The van der Waals surface area contributed by atoms with Crippen molar-refractivity contribution in [2.75, 3.05) is 25.4 Å². The summed E-state index contributed by atoms with van der Waals surface area (Å²) in [6.07, 6.45) is 8.39. The summed E-state index contributed by atoms with van der Waals surface area (Å²) in [5, 5.41) is 2.37. The van der Waals surface area contributed by atoms with Gasteiger partial charge in [-0.25, -0.2) is 0 Å². The van der Waals surface area contributed by atoms with Gasteiger partial charge in [0.25, 0.3) is 5.91 Å². The summed E-state index contributed by atoms with van der Waals surface area (Å²) >= 11 is 1.82. The van der Waals surface area contributed by atoms with Crippen LogP contribution in [-0.2, 0) is 16.1 Å². The maximum atomic E-state index is 13.0. The van der Waals surface area contributed by atoms with Crippen molar-refractivity contribution < 1.29 is 14.4 Å². The molecule has 3 atom stereocenters. The number of rotatable bonds is 10. The largest absolute Gasteiger partial charge is 0.322 e. The van der Waals surface area contributed by atoms with Gasteiger partial charge in [0.05, 0.1) is 0 Å². The minimum absolute atomic E-state index is 0.0931. The van der Waals surface area contributed by atoms with E-state index in [1.54, 1.807) is 4.90 Å². The van der Waals surface area contributed by atoms with E-state index < -0.39 is 6.04 Å². The number of nitrogens with one attached hydrogen (secondary N) is 1. The number of thioether (sulfide) groups is 1. The number of nitrogens with zero attached hydrogens (tertiary/aromatic N) is 2. The molecule has 0 spiro atoms. The average molecular weight is 486 g/mol. The Bertz CT molecular complexity index is 895. The smallest absolute Gasteiger partial charge is 0.255 e. The van der Waals surface area contributed by atoms with Crippen LogP contribution < -0.4 is 5.32 Å². The number of benzene rings is 1. The molecule has 4 rings (SSSR count). The van der Waals surface area contributed by atoms with Crippen LogP contribution in [0.5, 0.6) is 0 Å². The maximum Gasteiger partial charge on any atom is 0.255 e. The van der Waals surface area contributed by atoms with Gasteiger partial charge in [-0.3, -0.25) is 19.7 Å². The third kappa shape index (κ3) is 6.22. The number of imide groups is 1. The van der Waals surface area contributed by atoms with E-state index in [9.17, 15) is 14.4 Å². The zero-order valence-corrected chi connectivity index (χ0v) is 21.5. The van der Waals surface area contributed by atoms with Crippen molar-refractivity contribution in [2.24, 2.45) is 11.8 Å². The van der Waals surface area contributed by atoms with Crippen LogP contribution in [0.3, 0.4) is 0 Å². The molecular weight excluding hydrogens is 446 g/mol. The summed E-state index contributed by atoms with van der Waals surface area (Å²) in [6.45, 7) is 9.00. The van der Waals surface area contributed by atoms with Gasteiger partial charge < -0.3 is 9.80 Å². The lowest BCUT2D eigenvalue weighted by molar-refractivity contribution is -0.136. The zero-order chi connectivity index (χ0) is 24.1. The summed E-state index contributed by atoms with van der Waals surface area (Å²) in [4.78, 5) is 42.1. The molecule has 0 aromatic heterocycles. The predicted molar refractivity (Wildman–Crippen MR) is 136 cm³/mol. The van der Waals surface area contributed by atoms with Crippen molar-refractivity contribution >= 4 is 29.5 Å². The number of unbranched alkanes of at least 4 members (excludes halogenated alkanes) is 4. The normalized spacial score (nSPS) is 25.5.